The quantitative estimate of drug-likeness (QED) is 0.675. The van der Waals surface area contributed by atoms with E-state index in [2.05, 4.69) is 5.32 Å². The fourth-order valence-corrected chi connectivity index (χ4v) is 1.60. The lowest BCUT2D eigenvalue weighted by atomic mass is 9.96. The second-order valence-corrected chi connectivity index (χ2v) is 3.28. The topological polar surface area (TPSA) is 38.3 Å². The van der Waals surface area contributed by atoms with Gasteiger partial charge in [0.2, 0.25) is 0 Å². The van der Waals surface area contributed by atoms with Gasteiger partial charge in [0.25, 0.3) is 0 Å². The molecule has 1 rings (SSSR count). The Kier molecular flexibility index (Phi) is 4.25. The molecule has 0 bridgehead atoms. The minimum absolute atomic E-state index is 0.236. The number of methoxy groups -OCH3 is 1. The molecular formula is C9H17NO2. The van der Waals surface area contributed by atoms with Gasteiger partial charge in [0.05, 0.1) is 0 Å². The van der Waals surface area contributed by atoms with Crippen LogP contribution in [-0.4, -0.2) is 32.6 Å². The summed E-state index contributed by atoms with van der Waals surface area (Å²) in [4.78, 5) is 11.4. The molecule has 0 spiro atoms. The Labute approximate surface area is 73.5 Å². The molecule has 1 N–H and O–H groups in total. The highest BCUT2D eigenvalue weighted by atomic mass is 16.5. The first kappa shape index (κ1) is 9.68. The van der Waals surface area contributed by atoms with Crippen LogP contribution in [0.5, 0.6) is 0 Å². The second kappa shape index (κ2) is 5.27. The molecule has 0 aromatic rings. The number of Topliss-reactive ketones (excluding diaryl/α,β-unsaturated/α-hetero) is 1. The van der Waals surface area contributed by atoms with Crippen LogP contribution in [0.4, 0.5) is 0 Å². The fraction of sp³-hybridized carbons (Fsp3) is 0.889. The van der Waals surface area contributed by atoms with Crippen LogP contribution >= 0.6 is 0 Å². The van der Waals surface area contributed by atoms with E-state index in [1.54, 1.807) is 7.11 Å². The first-order chi connectivity index (χ1) is 5.84. The number of ketones is 1. The molecular weight excluding hydrogens is 154 g/mol. The van der Waals surface area contributed by atoms with E-state index in [1.165, 1.54) is 0 Å². The number of ether oxygens (including phenoxy) is 1. The monoisotopic (exact) mass is 171 g/mol. The van der Waals surface area contributed by atoms with Gasteiger partial charge in [-0.05, 0) is 32.4 Å². The molecule has 3 nitrogen and oxygen atoms in total. The van der Waals surface area contributed by atoms with Crippen molar-refractivity contribution in [3.63, 3.8) is 0 Å². The van der Waals surface area contributed by atoms with Crippen molar-refractivity contribution in [1.29, 1.82) is 0 Å². The Hall–Kier alpha value is -0.410. The van der Waals surface area contributed by atoms with E-state index in [-0.39, 0.29) is 18.3 Å². The number of hydrogen-bond donors (Lipinski definition) is 1. The molecule has 1 saturated heterocycles. The highest BCUT2D eigenvalue weighted by Gasteiger charge is 2.18. The van der Waals surface area contributed by atoms with Gasteiger partial charge in [-0.15, -0.1) is 0 Å². The third kappa shape index (κ3) is 2.91. The van der Waals surface area contributed by atoms with Crippen LogP contribution in [0.1, 0.15) is 19.3 Å². The maximum atomic E-state index is 11.4. The van der Waals surface area contributed by atoms with Crippen molar-refractivity contribution in [2.24, 2.45) is 5.92 Å². The van der Waals surface area contributed by atoms with Crippen LogP contribution in [0, 0.1) is 5.92 Å². The van der Waals surface area contributed by atoms with Gasteiger partial charge >= 0.3 is 0 Å². The molecule has 0 aromatic carbocycles. The smallest absolute Gasteiger partial charge is 0.161 e. The summed E-state index contributed by atoms with van der Waals surface area (Å²) in [6.45, 7) is 2.31. The van der Waals surface area contributed by atoms with E-state index in [0.717, 1.165) is 32.4 Å². The van der Waals surface area contributed by atoms with Crippen molar-refractivity contribution in [1.82, 2.24) is 5.32 Å². The Morgan fingerprint density at radius 2 is 2.33 bits per heavy atom. The van der Waals surface area contributed by atoms with E-state index in [1.807, 2.05) is 0 Å². The molecule has 1 atom stereocenters. The van der Waals surface area contributed by atoms with E-state index < -0.39 is 0 Å². The highest BCUT2D eigenvalue weighted by molar-refractivity contribution is 5.82. The predicted octanol–water partition coefficient (Wildman–Crippen LogP) is 0.592. The van der Waals surface area contributed by atoms with Crippen LogP contribution in [0.15, 0.2) is 0 Å². The molecule has 1 unspecified atom stereocenters. The van der Waals surface area contributed by atoms with Gasteiger partial charge in [-0.3, -0.25) is 4.79 Å². The molecule has 12 heavy (non-hydrogen) atoms. The van der Waals surface area contributed by atoms with Crippen LogP contribution in [-0.2, 0) is 9.53 Å². The molecule has 1 aliphatic rings. The maximum absolute atomic E-state index is 11.4. The van der Waals surface area contributed by atoms with E-state index in [9.17, 15) is 4.79 Å². The molecule has 3 heteroatoms. The number of rotatable bonds is 3. The van der Waals surface area contributed by atoms with E-state index in [4.69, 9.17) is 4.74 Å². The molecule has 0 aliphatic carbocycles. The summed E-state index contributed by atoms with van der Waals surface area (Å²) in [6.07, 6.45) is 3.11. The van der Waals surface area contributed by atoms with Gasteiger partial charge in [-0.25, -0.2) is 0 Å². The zero-order valence-corrected chi connectivity index (χ0v) is 7.64. The van der Waals surface area contributed by atoms with Gasteiger partial charge in [-0.1, -0.05) is 0 Å². The summed E-state index contributed by atoms with van der Waals surface area (Å²) in [5.41, 5.74) is 0. The third-order valence-electron chi connectivity index (χ3n) is 2.32. The summed E-state index contributed by atoms with van der Waals surface area (Å²) in [5, 5.41) is 3.28. The van der Waals surface area contributed by atoms with Crippen molar-refractivity contribution >= 4 is 5.78 Å². The lowest BCUT2D eigenvalue weighted by Gasteiger charge is -2.10. The standard InChI is InChI=1S/C9H17NO2/c1-12-7-9(11)8-3-2-5-10-6-4-8/h8,10H,2-7H2,1H3. The normalized spacial score (nSPS) is 24.9. The van der Waals surface area contributed by atoms with Crippen molar-refractivity contribution in [3.05, 3.63) is 0 Å². The second-order valence-electron chi connectivity index (χ2n) is 3.28. The zero-order valence-electron chi connectivity index (χ0n) is 7.64. The SMILES string of the molecule is COCC(=O)C1CCCNCC1. The highest BCUT2D eigenvalue weighted by Crippen LogP contribution is 2.14. The summed E-state index contributed by atoms with van der Waals surface area (Å²) in [7, 11) is 1.58. The third-order valence-corrected chi connectivity index (χ3v) is 2.32. The number of carbonyl (C=O) groups is 1. The minimum atomic E-state index is 0.236. The molecule has 0 amide bonds. The molecule has 0 radical (unpaired) electrons. The van der Waals surface area contributed by atoms with Crippen LogP contribution in [0.2, 0.25) is 0 Å². The Bertz CT molecular complexity index is 139. The first-order valence-corrected chi connectivity index (χ1v) is 4.57. The molecule has 70 valence electrons. The van der Waals surface area contributed by atoms with Crippen molar-refractivity contribution < 1.29 is 9.53 Å². The van der Waals surface area contributed by atoms with Gasteiger partial charge in [0, 0.05) is 13.0 Å². The van der Waals surface area contributed by atoms with Gasteiger partial charge in [0.15, 0.2) is 5.78 Å². The van der Waals surface area contributed by atoms with Crippen LogP contribution in [0.3, 0.4) is 0 Å². The molecule has 0 aromatic heterocycles. The Morgan fingerprint density at radius 1 is 1.50 bits per heavy atom. The summed E-state index contributed by atoms with van der Waals surface area (Å²) in [6, 6.07) is 0. The predicted molar refractivity (Wildman–Crippen MR) is 47.1 cm³/mol. The molecule has 1 fully saturated rings. The van der Waals surface area contributed by atoms with E-state index >= 15 is 0 Å². The Balaban J connectivity index is 2.32. The zero-order chi connectivity index (χ0) is 8.81. The van der Waals surface area contributed by atoms with Gasteiger partial charge < -0.3 is 10.1 Å². The lowest BCUT2D eigenvalue weighted by molar-refractivity contribution is -0.126. The van der Waals surface area contributed by atoms with Gasteiger partial charge in [0.1, 0.15) is 6.61 Å². The van der Waals surface area contributed by atoms with Gasteiger partial charge in [-0.2, -0.15) is 0 Å². The van der Waals surface area contributed by atoms with Crippen molar-refractivity contribution in [2.75, 3.05) is 26.8 Å². The van der Waals surface area contributed by atoms with Crippen LogP contribution in [0.25, 0.3) is 0 Å². The molecule has 1 heterocycles. The van der Waals surface area contributed by atoms with Crippen molar-refractivity contribution in [3.8, 4) is 0 Å². The average Bonchev–Trinajstić information content (AvgIpc) is 2.32. The number of nitrogens with one attached hydrogen (secondary N) is 1. The summed E-state index contributed by atoms with van der Waals surface area (Å²) in [5.74, 6) is 0.501. The largest absolute Gasteiger partial charge is 0.377 e. The lowest BCUT2D eigenvalue weighted by Crippen LogP contribution is -2.20. The average molecular weight is 171 g/mol. The minimum Gasteiger partial charge on any atom is -0.377 e. The summed E-state index contributed by atoms with van der Waals surface area (Å²) >= 11 is 0. The molecule has 0 saturated carbocycles. The maximum Gasteiger partial charge on any atom is 0.161 e. The van der Waals surface area contributed by atoms with Crippen LogP contribution < -0.4 is 5.32 Å². The van der Waals surface area contributed by atoms with Crippen molar-refractivity contribution in [2.45, 2.75) is 19.3 Å². The first-order valence-electron chi connectivity index (χ1n) is 4.57. The summed E-state index contributed by atoms with van der Waals surface area (Å²) < 4.78 is 4.83. The number of hydrogen-bond acceptors (Lipinski definition) is 3. The Morgan fingerprint density at radius 3 is 3.08 bits per heavy atom. The fourth-order valence-electron chi connectivity index (χ4n) is 1.60. The molecule has 1 aliphatic heterocycles. The van der Waals surface area contributed by atoms with E-state index in [0.29, 0.717) is 0 Å². The number of carbonyl (C=O) groups excluding carboxylic acids is 1.